The summed E-state index contributed by atoms with van der Waals surface area (Å²) in [5.41, 5.74) is 0.917. The van der Waals surface area contributed by atoms with Gasteiger partial charge in [0.25, 0.3) is 5.91 Å². The minimum absolute atomic E-state index is 0.171. The van der Waals surface area contributed by atoms with Gasteiger partial charge >= 0.3 is 0 Å². The van der Waals surface area contributed by atoms with Crippen LogP contribution in [0.15, 0.2) is 42.5 Å². The van der Waals surface area contributed by atoms with Crippen LogP contribution in [-0.4, -0.2) is 15.9 Å². The lowest BCUT2D eigenvalue weighted by molar-refractivity contribution is 0.102. The summed E-state index contributed by atoms with van der Waals surface area (Å²) in [6, 6.07) is 11.1. The van der Waals surface area contributed by atoms with Crippen molar-refractivity contribution in [2.75, 3.05) is 5.32 Å². The fourth-order valence-electron chi connectivity index (χ4n) is 1.89. The Morgan fingerprint density at radius 3 is 2.70 bits per heavy atom. The van der Waals surface area contributed by atoms with Crippen molar-refractivity contribution in [3.63, 3.8) is 0 Å². The maximum absolute atomic E-state index is 13.4. The molecule has 0 spiro atoms. The summed E-state index contributed by atoms with van der Waals surface area (Å²) in [5.74, 6) is -2.52. The highest BCUT2D eigenvalue weighted by Gasteiger charge is 2.13. The molecule has 2 heterocycles. The Kier molecular flexibility index (Phi) is 2.90. The maximum atomic E-state index is 13.4. The van der Waals surface area contributed by atoms with E-state index in [9.17, 15) is 13.6 Å². The molecule has 20 heavy (non-hydrogen) atoms. The molecule has 2 aromatic heterocycles. The van der Waals surface area contributed by atoms with Crippen LogP contribution in [0.25, 0.3) is 10.9 Å². The zero-order valence-electron chi connectivity index (χ0n) is 10.2. The Labute approximate surface area is 112 Å². The number of aromatic amines is 1. The number of para-hydroxylation sites is 1. The number of anilines is 1. The number of hydrogen-bond acceptors (Lipinski definition) is 2. The molecule has 0 saturated heterocycles. The molecule has 100 valence electrons. The number of benzene rings is 1. The Bertz CT molecular complexity index is 765. The van der Waals surface area contributed by atoms with Crippen LogP contribution in [0.5, 0.6) is 0 Å². The van der Waals surface area contributed by atoms with E-state index in [0.717, 1.165) is 23.0 Å². The summed E-state index contributed by atoms with van der Waals surface area (Å²) in [6.45, 7) is 0. The lowest BCUT2D eigenvalue weighted by Crippen LogP contribution is -2.14. The molecule has 1 amide bonds. The Hall–Kier alpha value is -2.76. The summed E-state index contributed by atoms with van der Waals surface area (Å²) in [4.78, 5) is 17.9. The van der Waals surface area contributed by atoms with Crippen LogP contribution >= 0.6 is 0 Å². The molecule has 0 unspecified atom stereocenters. The van der Waals surface area contributed by atoms with E-state index in [4.69, 9.17) is 0 Å². The van der Waals surface area contributed by atoms with Crippen molar-refractivity contribution >= 4 is 22.5 Å². The maximum Gasteiger partial charge on any atom is 0.272 e. The number of amides is 1. The van der Waals surface area contributed by atoms with Crippen molar-refractivity contribution in [3.05, 3.63) is 60.1 Å². The molecule has 0 aliphatic rings. The SMILES string of the molecule is O=C(Nc1ccc(F)nc1F)c1cc2ccccc2[nH]1. The number of nitrogens with one attached hydrogen (secondary N) is 2. The van der Waals surface area contributed by atoms with Gasteiger partial charge < -0.3 is 10.3 Å². The molecule has 3 aromatic rings. The first-order valence-electron chi connectivity index (χ1n) is 5.84. The second-order valence-electron chi connectivity index (χ2n) is 4.20. The predicted molar refractivity (Wildman–Crippen MR) is 70.4 cm³/mol. The van der Waals surface area contributed by atoms with Gasteiger partial charge in [0.1, 0.15) is 5.69 Å². The van der Waals surface area contributed by atoms with E-state index < -0.39 is 17.8 Å². The van der Waals surface area contributed by atoms with Crippen LogP contribution in [0.2, 0.25) is 0 Å². The molecule has 3 rings (SSSR count). The molecule has 0 aliphatic carbocycles. The number of halogens is 2. The van der Waals surface area contributed by atoms with Gasteiger partial charge in [-0.3, -0.25) is 4.79 Å². The first kappa shape index (κ1) is 12.3. The number of H-pyrrole nitrogens is 1. The number of pyridine rings is 1. The van der Waals surface area contributed by atoms with E-state index in [1.807, 2.05) is 24.3 Å². The third-order valence-corrected chi connectivity index (χ3v) is 2.84. The van der Waals surface area contributed by atoms with Gasteiger partial charge in [-0.1, -0.05) is 18.2 Å². The van der Waals surface area contributed by atoms with Gasteiger partial charge in [0, 0.05) is 10.9 Å². The number of nitrogens with zero attached hydrogens (tertiary/aromatic N) is 1. The van der Waals surface area contributed by atoms with E-state index in [2.05, 4.69) is 15.3 Å². The third kappa shape index (κ3) is 2.23. The summed E-state index contributed by atoms with van der Waals surface area (Å²) in [5, 5.41) is 3.21. The van der Waals surface area contributed by atoms with Crippen LogP contribution < -0.4 is 5.32 Å². The first-order chi connectivity index (χ1) is 9.63. The Balaban J connectivity index is 1.89. The Morgan fingerprint density at radius 2 is 1.95 bits per heavy atom. The van der Waals surface area contributed by atoms with Gasteiger partial charge in [0.2, 0.25) is 11.9 Å². The first-order valence-corrected chi connectivity index (χ1v) is 5.84. The quantitative estimate of drug-likeness (QED) is 0.705. The number of rotatable bonds is 2. The molecule has 4 nitrogen and oxygen atoms in total. The highest BCUT2D eigenvalue weighted by molar-refractivity contribution is 6.05. The smallest absolute Gasteiger partial charge is 0.272 e. The van der Waals surface area contributed by atoms with Gasteiger partial charge in [0.05, 0.1) is 5.69 Å². The number of hydrogen-bond donors (Lipinski definition) is 2. The van der Waals surface area contributed by atoms with E-state index in [1.165, 1.54) is 0 Å². The van der Waals surface area contributed by atoms with Crippen molar-refractivity contribution in [2.45, 2.75) is 0 Å². The zero-order chi connectivity index (χ0) is 14.1. The fourth-order valence-corrected chi connectivity index (χ4v) is 1.89. The fraction of sp³-hybridized carbons (Fsp3) is 0. The largest absolute Gasteiger partial charge is 0.351 e. The van der Waals surface area contributed by atoms with Crippen molar-refractivity contribution in [3.8, 4) is 0 Å². The van der Waals surface area contributed by atoms with Gasteiger partial charge in [0.15, 0.2) is 0 Å². The van der Waals surface area contributed by atoms with Crippen LogP contribution in [0.3, 0.4) is 0 Å². The van der Waals surface area contributed by atoms with Crippen molar-refractivity contribution < 1.29 is 13.6 Å². The van der Waals surface area contributed by atoms with Gasteiger partial charge in [-0.15, -0.1) is 0 Å². The highest BCUT2D eigenvalue weighted by Crippen LogP contribution is 2.17. The molecule has 0 saturated carbocycles. The zero-order valence-corrected chi connectivity index (χ0v) is 10.2. The van der Waals surface area contributed by atoms with Crippen LogP contribution in [-0.2, 0) is 0 Å². The number of carbonyl (C=O) groups is 1. The lowest BCUT2D eigenvalue weighted by Gasteiger charge is -2.04. The van der Waals surface area contributed by atoms with Crippen molar-refractivity contribution in [1.82, 2.24) is 9.97 Å². The van der Waals surface area contributed by atoms with Gasteiger partial charge in [-0.2, -0.15) is 13.8 Å². The molecule has 6 heteroatoms. The van der Waals surface area contributed by atoms with Crippen LogP contribution in [0.4, 0.5) is 14.5 Å². The van der Waals surface area contributed by atoms with Crippen molar-refractivity contribution in [1.29, 1.82) is 0 Å². The summed E-state index contributed by atoms with van der Waals surface area (Å²) in [6.07, 6.45) is 0. The third-order valence-electron chi connectivity index (χ3n) is 2.84. The van der Waals surface area contributed by atoms with Gasteiger partial charge in [-0.25, -0.2) is 0 Å². The summed E-state index contributed by atoms with van der Waals surface area (Å²) < 4.78 is 26.0. The second-order valence-corrected chi connectivity index (χ2v) is 4.20. The minimum Gasteiger partial charge on any atom is -0.351 e. The number of carbonyl (C=O) groups excluding carboxylic acids is 1. The van der Waals surface area contributed by atoms with E-state index in [0.29, 0.717) is 0 Å². The predicted octanol–water partition coefficient (Wildman–Crippen LogP) is 3.09. The van der Waals surface area contributed by atoms with Crippen molar-refractivity contribution in [2.24, 2.45) is 0 Å². The number of fused-ring (bicyclic) bond motifs is 1. The van der Waals surface area contributed by atoms with E-state index >= 15 is 0 Å². The monoisotopic (exact) mass is 273 g/mol. The molecular weight excluding hydrogens is 264 g/mol. The average molecular weight is 273 g/mol. The van der Waals surface area contributed by atoms with E-state index in [-0.39, 0.29) is 11.4 Å². The minimum atomic E-state index is -1.06. The average Bonchev–Trinajstić information content (AvgIpc) is 2.86. The van der Waals surface area contributed by atoms with Crippen LogP contribution in [0.1, 0.15) is 10.5 Å². The van der Waals surface area contributed by atoms with Crippen LogP contribution in [0, 0.1) is 11.9 Å². The molecule has 0 radical (unpaired) electrons. The molecule has 1 aromatic carbocycles. The molecule has 0 bridgehead atoms. The molecule has 0 aliphatic heterocycles. The molecule has 0 fully saturated rings. The lowest BCUT2D eigenvalue weighted by atomic mass is 10.2. The number of aromatic nitrogens is 2. The second kappa shape index (κ2) is 4.73. The van der Waals surface area contributed by atoms with E-state index in [1.54, 1.807) is 6.07 Å². The summed E-state index contributed by atoms with van der Waals surface area (Å²) >= 11 is 0. The Morgan fingerprint density at radius 1 is 1.15 bits per heavy atom. The highest BCUT2D eigenvalue weighted by atomic mass is 19.1. The standard InChI is InChI=1S/C14H9F2N3O/c15-12-6-5-10(13(16)19-12)18-14(20)11-7-8-3-1-2-4-9(8)17-11/h1-7,17H,(H,18,20). The summed E-state index contributed by atoms with van der Waals surface area (Å²) in [7, 11) is 0. The normalized spacial score (nSPS) is 10.7. The topological polar surface area (TPSA) is 57.8 Å². The molecule has 2 N–H and O–H groups in total. The molecular formula is C14H9F2N3O. The molecule has 0 atom stereocenters. The van der Waals surface area contributed by atoms with Gasteiger partial charge in [-0.05, 0) is 24.3 Å².